The molecular weight excluding hydrogens is 343 g/mol. The second-order valence-electron chi connectivity index (χ2n) is 6.38. The van der Waals surface area contributed by atoms with Gasteiger partial charge in [0.15, 0.2) is 0 Å². The van der Waals surface area contributed by atoms with Gasteiger partial charge in [-0.25, -0.2) is 13.4 Å². The largest absolute Gasteiger partial charge is 0.419 e. The highest BCUT2D eigenvalue weighted by Gasteiger charge is 2.43. The van der Waals surface area contributed by atoms with Crippen LogP contribution in [0.15, 0.2) is 18.3 Å². The monoisotopic (exact) mass is 363 g/mol. The number of piperidine rings is 1. The molecule has 2 fully saturated rings. The van der Waals surface area contributed by atoms with E-state index >= 15 is 0 Å². The second-order valence-corrected chi connectivity index (χ2v) is 8.59. The van der Waals surface area contributed by atoms with Crippen molar-refractivity contribution in [2.24, 2.45) is 0 Å². The Morgan fingerprint density at radius 1 is 1.29 bits per heavy atom. The zero-order chi connectivity index (χ0) is 17.5. The van der Waals surface area contributed by atoms with E-state index < -0.39 is 21.8 Å². The molecule has 9 heteroatoms. The van der Waals surface area contributed by atoms with Crippen molar-refractivity contribution in [1.29, 1.82) is 0 Å². The zero-order valence-corrected chi connectivity index (χ0v) is 14.1. The lowest BCUT2D eigenvalue weighted by atomic mass is 10.1. The molecule has 0 bridgehead atoms. The molecule has 0 radical (unpaired) electrons. The molecule has 1 atom stereocenters. The van der Waals surface area contributed by atoms with Crippen LogP contribution in [0.2, 0.25) is 0 Å². The fourth-order valence-electron chi connectivity index (χ4n) is 3.12. The molecule has 1 aromatic rings. The highest BCUT2D eigenvalue weighted by atomic mass is 32.2. The Hall–Kier alpha value is -1.35. The second kappa shape index (κ2) is 6.18. The summed E-state index contributed by atoms with van der Waals surface area (Å²) in [4.78, 5) is 5.36. The number of aromatic nitrogens is 1. The summed E-state index contributed by atoms with van der Waals surface area (Å²) in [7, 11) is -1.76. The Labute approximate surface area is 139 Å². The molecule has 1 aromatic heterocycles. The third kappa shape index (κ3) is 3.37. The molecule has 1 aliphatic heterocycles. The van der Waals surface area contributed by atoms with Crippen molar-refractivity contribution in [3.8, 4) is 0 Å². The van der Waals surface area contributed by atoms with Crippen LogP contribution in [-0.2, 0) is 16.2 Å². The Morgan fingerprint density at radius 3 is 2.62 bits per heavy atom. The molecule has 0 amide bonds. The quantitative estimate of drug-likeness (QED) is 0.825. The summed E-state index contributed by atoms with van der Waals surface area (Å²) in [6, 6.07) is 1.94. The number of hydrogen-bond acceptors (Lipinski definition) is 4. The van der Waals surface area contributed by atoms with Crippen LogP contribution in [0, 0.1) is 0 Å². The number of likely N-dealkylation sites (N-methyl/N-ethyl adjacent to an activating group) is 1. The molecule has 0 aromatic carbocycles. The first-order valence-corrected chi connectivity index (χ1v) is 9.45. The van der Waals surface area contributed by atoms with E-state index in [-0.39, 0.29) is 23.7 Å². The van der Waals surface area contributed by atoms with Gasteiger partial charge in [0.25, 0.3) is 0 Å². The van der Waals surface area contributed by atoms with Crippen LogP contribution in [0.1, 0.15) is 31.2 Å². The number of pyridine rings is 1. The maximum Gasteiger partial charge on any atom is 0.419 e. The minimum atomic E-state index is -4.49. The van der Waals surface area contributed by atoms with Crippen molar-refractivity contribution in [3.05, 3.63) is 23.9 Å². The van der Waals surface area contributed by atoms with Gasteiger partial charge in [-0.2, -0.15) is 17.5 Å². The van der Waals surface area contributed by atoms with E-state index in [9.17, 15) is 21.6 Å². The summed E-state index contributed by atoms with van der Waals surface area (Å²) in [5.74, 6) is -0.152. The normalized spacial score (nSPS) is 23.2. The van der Waals surface area contributed by atoms with Gasteiger partial charge in [-0.3, -0.25) is 0 Å². The fraction of sp³-hybridized carbons (Fsp3) is 0.667. The molecule has 5 nitrogen and oxygen atoms in total. The number of rotatable bonds is 4. The Bertz CT molecular complexity index is 704. The molecule has 2 aliphatic rings. The van der Waals surface area contributed by atoms with Gasteiger partial charge in [0.2, 0.25) is 10.0 Å². The number of alkyl halides is 3. The summed E-state index contributed by atoms with van der Waals surface area (Å²) < 4.78 is 65.8. The molecule has 1 saturated heterocycles. The zero-order valence-electron chi connectivity index (χ0n) is 13.3. The molecule has 0 spiro atoms. The molecule has 1 unspecified atom stereocenters. The summed E-state index contributed by atoms with van der Waals surface area (Å²) in [6.45, 7) is 0.653. The summed E-state index contributed by atoms with van der Waals surface area (Å²) >= 11 is 0. The van der Waals surface area contributed by atoms with Crippen LogP contribution < -0.4 is 4.90 Å². The third-order valence-corrected chi connectivity index (χ3v) is 7.00. The Balaban J connectivity index is 1.82. The van der Waals surface area contributed by atoms with Crippen molar-refractivity contribution in [2.75, 3.05) is 25.0 Å². The lowest BCUT2D eigenvalue weighted by Crippen LogP contribution is -2.50. The number of hydrogen-bond donors (Lipinski definition) is 0. The van der Waals surface area contributed by atoms with Crippen molar-refractivity contribution in [1.82, 2.24) is 9.29 Å². The van der Waals surface area contributed by atoms with E-state index in [2.05, 4.69) is 4.98 Å². The minimum Gasteiger partial charge on any atom is -0.355 e. The van der Waals surface area contributed by atoms with E-state index in [1.165, 1.54) is 21.5 Å². The number of nitrogens with zero attached hydrogens (tertiary/aromatic N) is 3. The molecule has 134 valence electrons. The fourth-order valence-corrected chi connectivity index (χ4v) is 5.03. The van der Waals surface area contributed by atoms with Crippen LogP contribution in [0.3, 0.4) is 0 Å². The topological polar surface area (TPSA) is 53.5 Å². The van der Waals surface area contributed by atoms with Gasteiger partial charge in [0.1, 0.15) is 5.82 Å². The molecule has 24 heavy (non-hydrogen) atoms. The lowest BCUT2D eigenvalue weighted by molar-refractivity contribution is -0.137. The highest BCUT2D eigenvalue weighted by molar-refractivity contribution is 7.90. The first-order valence-electron chi connectivity index (χ1n) is 7.95. The van der Waals surface area contributed by atoms with Gasteiger partial charge in [0, 0.05) is 32.4 Å². The van der Waals surface area contributed by atoms with Crippen molar-refractivity contribution < 1.29 is 21.6 Å². The predicted octanol–water partition coefficient (Wildman–Crippen LogP) is 2.49. The smallest absolute Gasteiger partial charge is 0.355 e. The predicted molar refractivity (Wildman–Crippen MR) is 84.2 cm³/mol. The molecule has 3 rings (SSSR count). The van der Waals surface area contributed by atoms with Crippen molar-refractivity contribution in [2.45, 2.75) is 43.2 Å². The van der Waals surface area contributed by atoms with E-state index in [0.29, 0.717) is 32.2 Å². The lowest BCUT2D eigenvalue weighted by Gasteiger charge is -2.38. The van der Waals surface area contributed by atoms with Crippen LogP contribution >= 0.6 is 0 Å². The van der Waals surface area contributed by atoms with E-state index in [0.717, 1.165) is 6.07 Å². The average Bonchev–Trinajstić information content (AvgIpc) is 3.39. The third-order valence-electron chi connectivity index (χ3n) is 4.64. The molecule has 0 N–H and O–H groups in total. The number of sulfonamides is 1. The van der Waals surface area contributed by atoms with Crippen LogP contribution in [0.5, 0.6) is 0 Å². The van der Waals surface area contributed by atoms with Crippen LogP contribution in [0.4, 0.5) is 19.0 Å². The molecule has 1 aliphatic carbocycles. The first kappa shape index (κ1) is 17.5. The van der Waals surface area contributed by atoms with Crippen molar-refractivity contribution in [3.63, 3.8) is 0 Å². The standard InChI is InChI=1S/C15H20F3N3O2S/c1-20(14-13(15(16,17)18)5-2-8-19-14)11-4-3-9-21(10-11)24(22,23)12-6-7-12/h2,5,8,11-12H,3-4,6-7,9-10H2,1H3. The van der Waals surface area contributed by atoms with Gasteiger partial charge in [0.05, 0.1) is 10.8 Å². The first-order chi connectivity index (χ1) is 11.2. The molecular formula is C15H20F3N3O2S. The van der Waals surface area contributed by atoms with Gasteiger partial charge in [-0.1, -0.05) is 0 Å². The maximum absolute atomic E-state index is 13.2. The highest BCUT2D eigenvalue weighted by Crippen LogP contribution is 2.37. The molecule has 1 saturated carbocycles. The van der Waals surface area contributed by atoms with Gasteiger partial charge in [-0.05, 0) is 37.8 Å². The summed E-state index contributed by atoms with van der Waals surface area (Å²) in [5, 5.41) is -0.304. The summed E-state index contributed by atoms with van der Waals surface area (Å²) in [5.41, 5.74) is -0.797. The molecule has 2 heterocycles. The maximum atomic E-state index is 13.2. The van der Waals surface area contributed by atoms with E-state index in [4.69, 9.17) is 0 Å². The number of halogens is 3. The van der Waals surface area contributed by atoms with Crippen LogP contribution in [-0.4, -0.2) is 49.1 Å². The summed E-state index contributed by atoms with van der Waals surface area (Å²) in [6.07, 6.45) is -0.541. The van der Waals surface area contributed by atoms with Gasteiger partial charge < -0.3 is 4.90 Å². The number of anilines is 1. The van der Waals surface area contributed by atoms with Crippen molar-refractivity contribution >= 4 is 15.8 Å². The van der Waals surface area contributed by atoms with E-state index in [1.54, 1.807) is 7.05 Å². The van der Waals surface area contributed by atoms with Gasteiger partial charge >= 0.3 is 6.18 Å². The SMILES string of the molecule is CN(c1ncccc1C(F)(F)F)C1CCCN(S(=O)(=O)C2CC2)C1. The average molecular weight is 363 g/mol. The van der Waals surface area contributed by atoms with E-state index in [1.807, 2.05) is 0 Å². The van der Waals surface area contributed by atoms with Gasteiger partial charge in [-0.15, -0.1) is 0 Å². The Kier molecular flexibility index (Phi) is 4.50. The minimum absolute atomic E-state index is 0.152. The van der Waals surface area contributed by atoms with Crippen LogP contribution in [0.25, 0.3) is 0 Å². The Morgan fingerprint density at radius 2 is 2.00 bits per heavy atom.